The van der Waals surface area contributed by atoms with Crippen LogP contribution in [0.4, 0.5) is 4.79 Å². The molecule has 7 nitrogen and oxygen atoms in total. The molecular weight excluding hydrogens is 264 g/mol. The van der Waals surface area contributed by atoms with Crippen LogP contribution >= 0.6 is 0 Å². The minimum atomic E-state index is -1.08. The van der Waals surface area contributed by atoms with Crippen LogP contribution in [0.3, 0.4) is 0 Å². The van der Waals surface area contributed by atoms with Crippen LogP contribution in [0, 0.1) is 0 Å². The van der Waals surface area contributed by atoms with Gasteiger partial charge in [-0.05, 0) is 25.1 Å². The first-order chi connectivity index (χ1) is 9.49. The van der Waals surface area contributed by atoms with Gasteiger partial charge in [0, 0.05) is 13.1 Å². The number of urea groups is 1. The van der Waals surface area contributed by atoms with Crippen LogP contribution in [-0.4, -0.2) is 47.1 Å². The van der Waals surface area contributed by atoms with E-state index in [-0.39, 0.29) is 17.9 Å². The lowest BCUT2D eigenvalue weighted by atomic mass is 10.2. The largest absolute Gasteiger partial charge is 0.508 e. The number of aromatic hydroxyl groups is 1. The predicted octanol–water partition coefficient (Wildman–Crippen LogP) is 0.489. The highest BCUT2D eigenvalue weighted by molar-refractivity contribution is 5.99. The summed E-state index contributed by atoms with van der Waals surface area (Å²) >= 11 is 0. The molecule has 0 unspecified atom stereocenters. The van der Waals surface area contributed by atoms with Gasteiger partial charge in [0.1, 0.15) is 5.75 Å². The van der Waals surface area contributed by atoms with E-state index in [2.05, 4.69) is 5.32 Å². The van der Waals surface area contributed by atoms with Crippen LogP contribution < -0.4 is 5.32 Å². The minimum absolute atomic E-state index is 0.0719. The van der Waals surface area contributed by atoms with Gasteiger partial charge < -0.3 is 15.2 Å². The molecule has 7 heteroatoms. The van der Waals surface area contributed by atoms with Gasteiger partial charge in [-0.25, -0.2) is 9.59 Å². The molecule has 0 bridgehead atoms. The van der Waals surface area contributed by atoms with E-state index >= 15 is 0 Å². The van der Waals surface area contributed by atoms with Gasteiger partial charge in [0.05, 0.1) is 5.56 Å². The third-order valence-corrected chi connectivity index (χ3v) is 2.84. The molecule has 0 saturated carbocycles. The highest BCUT2D eigenvalue weighted by Gasteiger charge is 2.31. The molecule has 1 aromatic carbocycles. The van der Waals surface area contributed by atoms with Crippen molar-refractivity contribution in [2.75, 3.05) is 13.1 Å². The quantitative estimate of drug-likeness (QED) is 0.784. The average Bonchev–Trinajstić information content (AvgIpc) is 2.84. The van der Waals surface area contributed by atoms with Gasteiger partial charge >= 0.3 is 12.0 Å². The summed E-state index contributed by atoms with van der Waals surface area (Å²) in [5.41, 5.74) is 0.135. The van der Waals surface area contributed by atoms with E-state index in [4.69, 9.17) is 4.74 Å². The third-order valence-electron chi connectivity index (χ3n) is 2.84. The molecule has 20 heavy (non-hydrogen) atoms. The molecule has 0 spiro atoms. The fraction of sp³-hybridized carbons (Fsp3) is 0.308. The average molecular weight is 278 g/mol. The highest BCUT2D eigenvalue weighted by atomic mass is 16.5. The van der Waals surface area contributed by atoms with E-state index in [0.29, 0.717) is 6.54 Å². The van der Waals surface area contributed by atoms with Crippen molar-refractivity contribution in [3.63, 3.8) is 0 Å². The fourth-order valence-electron chi connectivity index (χ4n) is 1.81. The molecule has 1 heterocycles. The Bertz CT molecular complexity index is 557. The molecule has 1 fully saturated rings. The number of hydrogen-bond acceptors (Lipinski definition) is 5. The topological polar surface area (TPSA) is 95.9 Å². The lowest BCUT2D eigenvalue weighted by Gasteiger charge is -2.18. The van der Waals surface area contributed by atoms with Crippen molar-refractivity contribution >= 4 is 17.9 Å². The monoisotopic (exact) mass is 278 g/mol. The lowest BCUT2D eigenvalue weighted by molar-refractivity contribution is -0.136. The van der Waals surface area contributed by atoms with Gasteiger partial charge in [-0.2, -0.15) is 0 Å². The standard InChI is InChI=1S/C13H14N2O5/c1-8(11(17)15-6-5-14-13(15)19)20-12(18)9-3-2-4-10(16)7-9/h2-4,7-8,16H,5-6H2,1H3,(H,14,19)/t8-/m0/s1. The second-order valence-corrected chi connectivity index (χ2v) is 4.32. The number of nitrogens with zero attached hydrogens (tertiary/aromatic N) is 1. The van der Waals surface area contributed by atoms with E-state index in [1.807, 2.05) is 0 Å². The maximum absolute atomic E-state index is 11.9. The van der Waals surface area contributed by atoms with Crippen LogP contribution in [0.25, 0.3) is 0 Å². The summed E-state index contributed by atoms with van der Waals surface area (Å²) in [5, 5.41) is 11.8. The SMILES string of the molecule is C[C@H](OC(=O)c1cccc(O)c1)C(=O)N1CCNC1=O. The van der Waals surface area contributed by atoms with Gasteiger partial charge in [-0.3, -0.25) is 9.69 Å². The Morgan fingerprint density at radius 3 is 2.80 bits per heavy atom. The number of rotatable bonds is 3. The Kier molecular flexibility index (Phi) is 3.88. The number of ether oxygens (including phenoxy) is 1. The summed E-state index contributed by atoms with van der Waals surface area (Å²) in [5.74, 6) is -1.38. The molecular formula is C13H14N2O5. The van der Waals surface area contributed by atoms with Crippen molar-refractivity contribution in [3.8, 4) is 5.75 Å². The summed E-state index contributed by atoms with van der Waals surface area (Å²) < 4.78 is 4.99. The van der Waals surface area contributed by atoms with Crippen LogP contribution in [-0.2, 0) is 9.53 Å². The molecule has 2 N–H and O–H groups in total. The fourth-order valence-corrected chi connectivity index (χ4v) is 1.81. The maximum atomic E-state index is 11.9. The molecule has 0 aromatic heterocycles. The van der Waals surface area contributed by atoms with Crippen molar-refractivity contribution in [3.05, 3.63) is 29.8 Å². The number of phenolic OH excluding ortho intramolecular Hbond substituents is 1. The normalized spacial score (nSPS) is 15.7. The molecule has 0 aliphatic carbocycles. The molecule has 106 valence electrons. The number of amides is 3. The summed E-state index contributed by atoms with van der Waals surface area (Å²) in [7, 11) is 0. The molecule has 1 aromatic rings. The predicted molar refractivity (Wildman–Crippen MR) is 68.1 cm³/mol. The zero-order valence-electron chi connectivity index (χ0n) is 10.8. The molecule has 0 radical (unpaired) electrons. The van der Waals surface area contributed by atoms with E-state index in [1.165, 1.54) is 31.2 Å². The second-order valence-electron chi connectivity index (χ2n) is 4.32. The molecule has 1 atom stereocenters. The Morgan fingerprint density at radius 1 is 1.45 bits per heavy atom. The Labute approximate surface area is 115 Å². The zero-order chi connectivity index (χ0) is 14.7. The van der Waals surface area contributed by atoms with Crippen LogP contribution in [0.1, 0.15) is 17.3 Å². The molecule has 3 amide bonds. The van der Waals surface area contributed by atoms with Gasteiger partial charge in [0.15, 0.2) is 6.10 Å². The molecule has 1 saturated heterocycles. The van der Waals surface area contributed by atoms with Gasteiger partial charge in [-0.1, -0.05) is 6.07 Å². The summed E-state index contributed by atoms with van der Waals surface area (Å²) in [6.07, 6.45) is -1.08. The van der Waals surface area contributed by atoms with Crippen molar-refractivity contribution < 1.29 is 24.2 Å². The van der Waals surface area contributed by atoms with E-state index < -0.39 is 24.0 Å². The van der Waals surface area contributed by atoms with Gasteiger partial charge in [0.2, 0.25) is 0 Å². The van der Waals surface area contributed by atoms with Gasteiger partial charge in [0.25, 0.3) is 5.91 Å². The first-order valence-electron chi connectivity index (χ1n) is 6.08. The van der Waals surface area contributed by atoms with E-state index in [0.717, 1.165) is 4.90 Å². The van der Waals surface area contributed by atoms with Crippen molar-refractivity contribution in [2.45, 2.75) is 13.0 Å². The number of benzene rings is 1. The second kappa shape index (κ2) is 5.60. The maximum Gasteiger partial charge on any atom is 0.339 e. The van der Waals surface area contributed by atoms with Crippen molar-refractivity contribution in [2.24, 2.45) is 0 Å². The van der Waals surface area contributed by atoms with Crippen LogP contribution in [0.5, 0.6) is 5.75 Å². The van der Waals surface area contributed by atoms with E-state index in [1.54, 1.807) is 0 Å². The Balaban J connectivity index is 2.00. The Hall–Kier alpha value is -2.57. The number of carbonyl (C=O) groups excluding carboxylic acids is 3. The summed E-state index contributed by atoms with van der Waals surface area (Å²) in [6, 6.07) is 5.12. The van der Waals surface area contributed by atoms with Crippen LogP contribution in [0.2, 0.25) is 0 Å². The van der Waals surface area contributed by atoms with Gasteiger partial charge in [-0.15, -0.1) is 0 Å². The van der Waals surface area contributed by atoms with E-state index in [9.17, 15) is 19.5 Å². The van der Waals surface area contributed by atoms with Crippen molar-refractivity contribution in [1.29, 1.82) is 0 Å². The van der Waals surface area contributed by atoms with Crippen molar-refractivity contribution in [1.82, 2.24) is 10.2 Å². The summed E-state index contributed by atoms with van der Waals surface area (Å²) in [4.78, 5) is 36.1. The molecule has 1 aliphatic rings. The number of imide groups is 1. The highest BCUT2D eigenvalue weighted by Crippen LogP contribution is 2.13. The first kappa shape index (κ1) is 13.9. The van der Waals surface area contributed by atoms with Crippen LogP contribution in [0.15, 0.2) is 24.3 Å². The molecule has 2 rings (SSSR count). The minimum Gasteiger partial charge on any atom is -0.508 e. The first-order valence-corrected chi connectivity index (χ1v) is 6.08. The Morgan fingerprint density at radius 2 is 2.20 bits per heavy atom. The number of phenols is 1. The summed E-state index contributed by atoms with van der Waals surface area (Å²) in [6.45, 7) is 2.04. The third kappa shape index (κ3) is 2.87. The zero-order valence-corrected chi connectivity index (χ0v) is 10.8. The number of carbonyl (C=O) groups is 3. The number of esters is 1. The smallest absolute Gasteiger partial charge is 0.339 e. The number of hydrogen-bond donors (Lipinski definition) is 2. The number of nitrogens with one attached hydrogen (secondary N) is 1. The lowest BCUT2D eigenvalue weighted by Crippen LogP contribution is -2.41. The molecule has 1 aliphatic heterocycles.